The first-order valence-corrected chi connectivity index (χ1v) is 9.16. The lowest BCUT2D eigenvalue weighted by molar-refractivity contribution is -0.147. The molecule has 0 saturated carbocycles. The molecular formula is C19H20N2O3S. The summed E-state index contributed by atoms with van der Waals surface area (Å²) in [5.41, 5.74) is 0.826. The zero-order valence-electron chi connectivity index (χ0n) is 14.3. The Kier molecular flexibility index (Phi) is 5.28. The van der Waals surface area contributed by atoms with Gasteiger partial charge in [-0.1, -0.05) is 43.7 Å². The second-order valence-electron chi connectivity index (χ2n) is 5.85. The fourth-order valence-corrected chi connectivity index (χ4v) is 3.50. The average Bonchev–Trinajstić information content (AvgIpc) is 3.08. The van der Waals surface area contributed by atoms with Gasteiger partial charge in [0, 0.05) is 4.88 Å². The minimum Gasteiger partial charge on any atom is -0.464 e. The predicted molar refractivity (Wildman–Crippen MR) is 99.9 cm³/mol. The van der Waals surface area contributed by atoms with Crippen molar-refractivity contribution in [3.8, 4) is 10.4 Å². The van der Waals surface area contributed by atoms with Crippen LogP contribution in [-0.4, -0.2) is 22.1 Å². The normalized spacial score (nSPS) is 12.2. The van der Waals surface area contributed by atoms with E-state index in [0.717, 1.165) is 23.3 Å². The molecule has 130 valence electrons. The zero-order chi connectivity index (χ0) is 17.8. The number of carbonyl (C=O) groups excluding carboxylic acids is 1. The number of fused-ring (bicyclic) bond motifs is 1. The molecule has 6 heteroatoms. The third-order valence-corrected chi connectivity index (χ3v) is 5.13. The van der Waals surface area contributed by atoms with E-state index in [-0.39, 0.29) is 5.56 Å². The first-order chi connectivity index (χ1) is 12.1. The minimum atomic E-state index is -0.693. The van der Waals surface area contributed by atoms with E-state index in [1.807, 2.05) is 43.3 Å². The molecule has 0 spiro atoms. The monoisotopic (exact) mass is 356 g/mol. The minimum absolute atomic E-state index is 0.219. The highest BCUT2D eigenvalue weighted by Gasteiger charge is 2.20. The van der Waals surface area contributed by atoms with Gasteiger partial charge >= 0.3 is 5.97 Å². The molecule has 0 saturated heterocycles. The Balaban J connectivity index is 1.92. The van der Waals surface area contributed by atoms with Gasteiger partial charge < -0.3 is 4.74 Å². The van der Waals surface area contributed by atoms with Crippen molar-refractivity contribution in [2.24, 2.45) is 0 Å². The summed E-state index contributed by atoms with van der Waals surface area (Å²) in [6, 6.07) is 11.0. The second-order valence-corrected chi connectivity index (χ2v) is 6.88. The number of benzene rings is 1. The number of esters is 1. The lowest BCUT2D eigenvalue weighted by Crippen LogP contribution is -2.29. The Morgan fingerprint density at radius 2 is 2.08 bits per heavy atom. The van der Waals surface area contributed by atoms with Gasteiger partial charge in [0.25, 0.3) is 5.56 Å². The van der Waals surface area contributed by atoms with Crippen LogP contribution in [0.5, 0.6) is 0 Å². The molecular weight excluding hydrogens is 336 g/mol. The summed E-state index contributed by atoms with van der Waals surface area (Å²) < 4.78 is 6.56. The van der Waals surface area contributed by atoms with Crippen LogP contribution in [0.15, 0.2) is 47.5 Å². The molecule has 2 aromatic heterocycles. The van der Waals surface area contributed by atoms with E-state index < -0.39 is 12.0 Å². The quantitative estimate of drug-likeness (QED) is 0.494. The summed E-state index contributed by atoms with van der Waals surface area (Å²) in [4.78, 5) is 30.9. The first-order valence-electron chi connectivity index (χ1n) is 8.34. The SMILES string of the molecule is CCCCOC(=O)[C@H](C)n1cnc2sc(-c3ccccc3)cc2c1=O. The average molecular weight is 356 g/mol. The van der Waals surface area contributed by atoms with Crippen LogP contribution >= 0.6 is 11.3 Å². The van der Waals surface area contributed by atoms with Crippen LogP contribution in [-0.2, 0) is 9.53 Å². The molecule has 5 nitrogen and oxygen atoms in total. The number of aromatic nitrogens is 2. The Labute approximate surface area is 149 Å². The molecule has 25 heavy (non-hydrogen) atoms. The van der Waals surface area contributed by atoms with Crippen molar-refractivity contribution in [3.63, 3.8) is 0 Å². The van der Waals surface area contributed by atoms with Crippen molar-refractivity contribution >= 4 is 27.5 Å². The summed E-state index contributed by atoms with van der Waals surface area (Å²) in [6.45, 7) is 4.06. The number of hydrogen-bond acceptors (Lipinski definition) is 5. The van der Waals surface area contributed by atoms with Crippen LogP contribution in [0.4, 0.5) is 0 Å². The van der Waals surface area contributed by atoms with E-state index in [1.54, 1.807) is 6.92 Å². The van der Waals surface area contributed by atoms with E-state index >= 15 is 0 Å². The van der Waals surface area contributed by atoms with Gasteiger partial charge in [-0.3, -0.25) is 9.36 Å². The third-order valence-electron chi connectivity index (χ3n) is 4.04. The van der Waals surface area contributed by atoms with Gasteiger partial charge in [0.1, 0.15) is 10.9 Å². The van der Waals surface area contributed by atoms with Crippen LogP contribution in [0.3, 0.4) is 0 Å². The summed E-state index contributed by atoms with van der Waals surface area (Å²) in [6.07, 6.45) is 3.20. The van der Waals surface area contributed by atoms with Crippen molar-refractivity contribution in [2.45, 2.75) is 32.7 Å². The molecule has 0 N–H and O–H groups in total. The molecule has 0 fully saturated rings. The lowest BCUT2D eigenvalue weighted by Gasteiger charge is -2.13. The number of nitrogens with zero attached hydrogens (tertiary/aromatic N) is 2. The maximum atomic E-state index is 12.8. The summed E-state index contributed by atoms with van der Waals surface area (Å²) in [5.74, 6) is -0.407. The summed E-state index contributed by atoms with van der Waals surface area (Å²) in [7, 11) is 0. The highest BCUT2D eigenvalue weighted by Crippen LogP contribution is 2.30. The number of thiophene rings is 1. The van der Waals surface area contributed by atoms with Gasteiger partial charge in [0.05, 0.1) is 18.3 Å². The maximum absolute atomic E-state index is 12.8. The van der Waals surface area contributed by atoms with Gasteiger partial charge in [-0.15, -0.1) is 11.3 Å². The molecule has 3 aromatic rings. The van der Waals surface area contributed by atoms with E-state index in [0.29, 0.717) is 16.8 Å². The van der Waals surface area contributed by atoms with E-state index in [2.05, 4.69) is 4.98 Å². The number of hydrogen-bond donors (Lipinski definition) is 0. The standard InChI is InChI=1S/C19H20N2O3S/c1-3-4-10-24-19(23)13(2)21-12-20-17-15(18(21)22)11-16(25-17)14-8-6-5-7-9-14/h5-9,11-13H,3-4,10H2,1-2H3/t13-/m0/s1. The Morgan fingerprint density at radius 1 is 1.32 bits per heavy atom. The van der Waals surface area contributed by atoms with Gasteiger partial charge in [0.2, 0.25) is 0 Å². The molecule has 0 aliphatic rings. The van der Waals surface area contributed by atoms with Crippen molar-refractivity contribution in [3.05, 3.63) is 53.1 Å². The molecule has 2 heterocycles. The van der Waals surface area contributed by atoms with Crippen LogP contribution in [0, 0.1) is 0 Å². The van der Waals surface area contributed by atoms with E-state index in [4.69, 9.17) is 4.74 Å². The van der Waals surface area contributed by atoms with Gasteiger partial charge in [-0.05, 0) is 25.0 Å². The van der Waals surface area contributed by atoms with Crippen molar-refractivity contribution < 1.29 is 9.53 Å². The molecule has 1 atom stereocenters. The Hall–Kier alpha value is -2.47. The van der Waals surface area contributed by atoms with Gasteiger partial charge in [-0.25, -0.2) is 9.78 Å². The molecule has 0 amide bonds. The van der Waals surface area contributed by atoms with Crippen molar-refractivity contribution in [1.82, 2.24) is 9.55 Å². The summed E-state index contributed by atoms with van der Waals surface area (Å²) >= 11 is 1.47. The zero-order valence-corrected chi connectivity index (χ0v) is 15.1. The molecule has 0 bridgehead atoms. The highest BCUT2D eigenvalue weighted by atomic mass is 32.1. The largest absolute Gasteiger partial charge is 0.464 e. The van der Waals surface area contributed by atoms with E-state index in [1.165, 1.54) is 22.2 Å². The Bertz CT molecular complexity index is 931. The number of ether oxygens (including phenoxy) is 1. The molecule has 0 aliphatic carbocycles. The molecule has 0 unspecified atom stereocenters. The van der Waals surface area contributed by atoms with Crippen LogP contribution < -0.4 is 5.56 Å². The molecule has 0 aliphatic heterocycles. The van der Waals surface area contributed by atoms with Crippen molar-refractivity contribution in [2.75, 3.05) is 6.61 Å². The molecule has 0 radical (unpaired) electrons. The molecule has 1 aromatic carbocycles. The number of unbranched alkanes of at least 4 members (excludes halogenated alkanes) is 1. The maximum Gasteiger partial charge on any atom is 0.328 e. The number of rotatable bonds is 6. The Morgan fingerprint density at radius 3 is 2.80 bits per heavy atom. The molecule has 3 rings (SSSR count). The van der Waals surface area contributed by atoms with Crippen LogP contribution in [0.25, 0.3) is 20.7 Å². The smallest absolute Gasteiger partial charge is 0.328 e. The van der Waals surface area contributed by atoms with Crippen LogP contribution in [0.2, 0.25) is 0 Å². The number of carbonyl (C=O) groups is 1. The predicted octanol–water partition coefficient (Wildman–Crippen LogP) is 4.03. The third kappa shape index (κ3) is 3.64. The van der Waals surface area contributed by atoms with Crippen LogP contribution in [0.1, 0.15) is 32.7 Å². The second kappa shape index (κ2) is 7.61. The highest BCUT2D eigenvalue weighted by molar-refractivity contribution is 7.21. The fraction of sp³-hybridized carbons (Fsp3) is 0.316. The van der Waals surface area contributed by atoms with E-state index in [9.17, 15) is 9.59 Å². The topological polar surface area (TPSA) is 61.2 Å². The first kappa shape index (κ1) is 17.4. The summed E-state index contributed by atoms with van der Waals surface area (Å²) in [5, 5.41) is 0.527. The van der Waals surface area contributed by atoms with Crippen molar-refractivity contribution in [1.29, 1.82) is 0 Å². The fourth-order valence-electron chi connectivity index (χ4n) is 2.51. The van der Waals surface area contributed by atoms with Gasteiger partial charge in [-0.2, -0.15) is 0 Å². The van der Waals surface area contributed by atoms with Gasteiger partial charge in [0.15, 0.2) is 0 Å². The lowest BCUT2D eigenvalue weighted by atomic mass is 10.2.